The van der Waals surface area contributed by atoms with E-state index < -0.39 is 23.7 Å². The zero-order chi connectivity index (χ0) is 20.9. The number of hydrogen-bond acceptors (Lipinski definition) is 4. The summed E-state index contributed by atoms with van der Waals surface area (Å²) in [5, 5.41) is 3.04. The number of imide groups is 1. The number of nitrogens with zero attached hydrogens (tertiary/aromatic N) is 1. The molecule has 3 amide bonds. The first-order valence-corrected chi connectivity index (χ1v) is 11.0. The summed E-state index contributed by atoms with van der Waals surface area (Å²) in [6.45, 7) is -0.275. The number of methoxy groups -OCH3 is 1. The van der Waals surface area contributed by atoms with E-state index >= 15 is 0 Å². The van der Waals surface area contributed by atoms with Gasteiger partial charge >= 0.3 is 6.03 Å². The van der Waals surface area contributed by atoms with Crippen LogP contribution in [0.25, 0.3) is 0 Å². The van der Waals surface area contributed by atoms with E-state index in [-0.39, 0.29) is 18.6 Å². The van der Waals surface area contributed by atoms with Gasteiger partial charge in [0.05, 0.1) is 19.3 Å². The number of fused-ring (bicyclic) bond motifs is 3. The van der Waals surface area contributed by atoms with Crippen LogP contribution in [0, 0.1) is 11.3 Å². The monoisotopic (exact) mass is 416 g/mol. The van der Waals surface area contributed by atoms with E-state index in [0.717, 1.165) is 53.9 Å². The number of rotatable bonds is 6. The van der Waals surface area contributed by atoms with Crippen molar-refractivity contribution in [2.24, 2.45) is 11.3 Å². The Morgan fingerprint density at radius 3 is 2.63 bits per heavy atom. The SMILES string of the molecule is COC1CCC2(CC1)Cc1ccc(OCC3CC3)cc1C21NC(=O)N(CCF)C1=O. The van der Waals surface area contributed by atoms with E-state index in [1.807, 2.05) is 18.2 Å². The molecule has 0 bridgehead atoms. The molecule has 162 valence electrons. The molecule has 1 saturated heterocycles. The molecular weight excluding hydrogens is 387 g/mol. The topological polar surface area (TPSA) is 67.9 Å². The zero-order valence-electron chi connectivity index (χ0n) is 17.4. The van der Waals surface area contributed by atoms with Crippen LogP contribution < -0.4 is 10.1 Å². The molecule has 2 saturated carbocycles. The summed E-state index contributed by atoms with van der Waals surface area (Å²) < 4.78 is 24.7. The highest BCUT2D eigenvalue weighted by Crippen LogP contribution is 2.60. The largest absolute Gasteiger partial charge is 0.493 e. The smallest absolute Gasteiger partial charge is 0.325 e. The fourth-order valence-corrected chi connectivity index (χ4v) is 5.77. The Balaban J connectivity index is 1.56. The lowest BCUT2D eigenvalue weighted by molar-refractivity contribution is -0.138. The van der Waals surface area contributed by atoms with Gasteiger partial charge in [0.1, 0.15) is 12.4 Å². The molecule has 1 unspecified atom stereocenters. The summed E-state index contributed by atoms with van der Waals surface area (Å²) in [7, 11) is 1.72. The van der Waals surface area contributed by atoms with E-state index in [2.05, 4.69) is 5.32 Å². The van der Waals surface area contributed by atoms with E-state index in [9.17, 15) is 14.0 Å². The van der Waals surface area contributed by atoms with Crippen LogP contribution in [0.15, 0.2) is 18.2 Å². The number of alkyl halides is 1. The second-order valence-electron chi connectivity index (χ2n) is 9.29. The third kappa shape index (κ3) is 2.85. The van der Waals surface area contributed by atoms with Crippen molar-refractivity contribution >= 4 is 11.9 Å². The molecule has 3 aliphatic carbocycles. The van der Waals surface area contributed by atoms with Crippen LogP contribution in [0.2, 0.25) is 0 Å². The number of ether oxygens (including phenoxy) is 2. The first kappa shape index (κ1) is 19.8. The van der Waals surface area contributed by atoms with Gasteiger partial charge < -0.3 is 14.8 Å². The normalized spacial score (nSPS) is 32.7. The molecule has 1 N–H and O–H groups in total. The number of carbonyl (C=O) groups is 2. The Morgan fingerprint density at radius 2 is 1.97 bits per heavy atom. The highest BCUT2D eigenvalue weighted by Gasteiger charge is 2.68. The third-order valence-corrected chi connectivity index (χ3v) is 7.63. The van der Waals surface area contributed by atoms with Crippen LogP contribution in [0.4, 0.5) is 9.18 Å². The van der Waals surface area contributed by atoms with Gasteiger partial charge in [0.2, 0.25) is 0 Å². The van der Waals surface area contributed by atoms with Crippen molar-refractivity contribution in [3.63, 3.8) is 0 Å². The summed E-state index contributed by atoms with van der Waals surface area (Å²) in [6.07, 6.45) is 6.51. The Hall–Kier alpha value is -2.15. The molecule has 30 heavy (non-hydrogen) atoms. The van der Waals surface area contributed by atoms with Gasteiger partial charge in [-0.05, 0) is 74.1 Å². The summed E-state index contributed by atoms with van der Waals surface area (Å²) in [4.78, 5) is 27.5. The van der Waals surface area contributed by atoms with Gasteiger partial charge in [-0.3, -0.25) is 9.69 Å². The van der Waals surface area contributed by atoms with Gasteiger partial charge in [0.25, 0.3) is 5.91 Å². The number of halogens is 1. The molecule has 1 aromatic rings. The predicted octanol–water partition coefficient (Wildman–Crippen LogP) is 3.32. The lowest BCUT2D eigenvalue weighted by Gasteiger charge is -2.46. The molecule has 7 heteroatoms. The summed E-state index contributed by atoms with van der Waals surface area (Å²) >= 11 is 0. The van der Waals surface area contributed by atoms with Gasteiger partial charge in [-0.15, -0.1) is 0 Å². The first-order chi connectivity index (χ1) is 14.5. The molecule has 1 aromatic carbocycles. The molecule has 5 rings (SSSR count). The van der Waals surface area contributed by atoms with Crippen LogP contribution in [-0.2, 0) is 21.5 Å². The maximum atomic E-state index is 13.7. The highest BCUT2D eigenvalue weighted by atomic mass is 19.1. The van der Waals surface area contributed by atoms with E-state index in [1.165, 1.54) is 12.8 Å². The predicted molar refractivity (Wildman–Crippen MR) is 108 cm³/mol. The van der Waals surface area contributed by atoms with Crippen molar-refractivity contribution in [1.82, 2.24) is 10.2 Å². The summed E-state index contributed by atoms with van der Waals surface area (Å²) in [6, 6.07) is 5.44. The van der Waals surface area contributed by atoms with Crippen molar-refractivity contribution in [2.75, 3.05) is 26.9 Å². The standard InChI is InChI=1S/C23H29FN2O4/c1-29-17-6-8-22(9-7-17)13-16-4-5-18(30-14-15-2-3-15)12-19(16)23(22)20(27)26(11-10-24)21(28)25-23/h4-5,12,15,17H,2-3,6-11,13-14H2,1H3,(H,25,28). The number of carbonyl (C=O) groups excluding carboxylic acids is 2. The van der Waals surface area contributed by atoms with Crippen LogP contribution in [0.5, 0.6) is 5.75 Å². The minimum absolute atomic E-state index is 0.169. The fraction of sp³-hybridized carbons (Fsp3) is 0.652. The average Bonchev–Trinajstić information content (AvgIpc) is 3.51. The quantitative estimate of drug-likeness (QED) is 0.723. The molecule has 0 aromatic heterocycles. The van der Waals surface area contributed by atoms with Gasteiger partial charge in [-0.1, -0.05) is 6.07 Å². The van der Waals surface area contributed by atoms with Crippen molar-refractivity contribution in [2.45, 2.75) is 56.6 Å². The van der Waals surface area contributed by atoms with Gasteiger partial charge in [0.15, 0.2) is 5.54 Å². The van der Waals surface area contributed by atoms with Gasteiger partial charge in [-0.2, -0.15) is 0 Å². The Morgan fingerprint density at radius 1 is 1.20 bits per heavy atom. The Kier molecular flexibility index (Phi) is 4.76. The highest BCUT2D eigenvalue weighted by molar-refractivity contribution is 6.09. The summed E-state index contributed by atoms with van der Waals surface area (Å²) in [5.74, 6) is 1.03. The molecule has 4 aliphatic rings. The molecule has 1 heterocycles. The Bertz CT molecular complexity index is 863. The zero-order valence-corrected chi connectivity index (χ0v) is 17.4. The maximum absolute atomic E-state index is 13.7. The molecule has 1 atom stereocenters. The number of benzene rings is 1. The lowest BCUT2D eigenvalue weighted by Crippen LogP contribution is -2.56. The first-order valence-electron chi connectivity index (χ1n) is 11.0. The van der Waals surface area contributed by atoms with Crippen LogP contribution in [-0.4, -0.2) is 49.9 Å². The van der Waals surface area contributed by atoms with E-state index in [1.54, 1.807) is 7.11 Å². The van der Waals surface area contributed by atoms with Crippen molar-refractivity contribution < 1.29 is 23.5 Å². The second kappa shape index (κ2) is 7.22. The maximum Gasteiger partial charge on any atom is 0.325 e. The van der Waals surface area contributed by atoms with E-state index in [0.29, 0.717) is 12.5 Å². The molecule has 1 aliphatic heterocycles. The number of hydrogen-bond donors (Lipinski definition) is 1. The molecule has 2 spiro atoms. The van der Waals surface area contributed by atoms with Gasteiger partial charge in [0, 0.05) is 12.5 Å². The van der Waals surface area contributed by atoms with E-state index in [4.69, 9.17) is 9.47 Å². The average molecular weight is 416 g/mol. The molecular formula is C23H29FN2O4. The second-order valence-corrected chi connectivity index (χ2v) is 9.29. The molecule has 6 nitrogen and oxygen atoms in total. The molecule has 0 radical (unpaired) electrons. The summed E-state index contributed by atoms with van der Waals surface area (Å²) in [5.41, 5.74) is 0.329. The van der Waals surface area contributed by atoms with Crippen LogP contribution in [0.1, 0.15) is 49.7 Å². The van der Waals surface area contributed by atoms with Crippen molar-refractivity contribution in [3.05, 3.63) is 29.3 Å². The van der Waals surface area contributed by atoms with Crippen LogP contribution in [0.3, 0.4) is 0 Å². The van der Waals surface area contributed by atoms with Gasteiger partial charge in [-0.25, -0.2) is 9.18 Å². The fourth-order valence-electron chi connectivity index (χ4n) is 5.77. The van der Waals surface area contributed by atoms with Crippen molar-refractivity contribution in [1.29, 1.82) is 0 Å². The van der Waals surface area contributed by atoms with Crippen molar-refractivity contribution in [3.8, 4) is 5.75 Å². The Labute approximate surface area is 176 Å². The minimum atomic E-state index is -1.15. The lowest BCUT2D eigenvalue weighted by atomic mass is 9.61. The third-order valence-electron chi connectivity index (χ3n) is 7.63. The molecule has 3 fully saturated rings. The number of amides is 3. The number of nitrogens with one attached hydrogen (secondary N) is 1. The number of urea groups is 1. The minimum Gasteiger partial charge on any atom is -0.493 e. The van der Waals surface area contributed by atoms with Crippen LogP contribution >= 0.6 is 0 Å².